The first kappa shape index (κ1) is 6.60. The third kappa shape index (κ3) is 0.485. The standard InChI is InChI=1S/C8H8O4/c9-6-5-4-2-1-3-8(5,12-4)7(10)11-6/h4-5H,1-3H2. The van der Waals surface area contributed by atoms with E-state index in [-0.39, 0.29) is 18.0 Å². The lowest BCUT2D eigenvalue weighted by atomic mass is 9.69. The van der Waals surface area contributed by atoms with Gasteiger partial charge in [0, 0.05) is 0 Å². The lowest BCUT2D eigenvalue weighted by Crippen LogP contribution is -2.64. The van der Waals surface area contributed by atoms with Gasteiger partial charge in [-0.15, -0.1) is 0 Å². The fraction of sp³-hybridized carbons (Fsp3) is 0.750. The van der Waals surface area contributed by atoms with Crippen molar-refractivity contribution in [3.8, 4) is 0 Å². The second kappa shape index (κ2) is 1.71. The minimum atomic E-state index is -0.847. The quantitative estimate of drug-likeness (QED) is 0.377. The van der Waals surface area contributed by atoms with Crippen molar-refractivity contribution in [1.29, 1.82) is 0 Å². The molecule has 2 bridgehead atoms. The van der Waals surface area contributed by atoms with Crippen LogP contribution in [0.25, 0.3) is 0 Å². The third-order valence-corrected chi connectivity index (χ3v) is 3.07. The van der Waals surface area contributed by atoms with Crippen LogP contribution in [0.15, 0.2) is 0 Å². The molecule has 3 unspecified atom stereocenters. The van der Waals surface area contributed by atoms with Crippen LogP contribution in [-0.4, -0.2) is 23.6 Å². The summed E-state index contributed by atoms with van der Waals surface area (Å²) in [5, 5.41) is 0. The minimum absolute atomic E-state index is 0.0438. The molecule has 3 saturated heterocycles. The number of carbonyl (C=O) groups is 2. The molecule has 0 radical (unpaired) electrons. The first-order chi connectivity index (χ1) is 5.74. The predicted molar refractivity (Wildman–Crippen MR) is 36.0 cm³/mol. The first-order valence-corrected chi connectivity index (χ1v) is 4.18. The van der Waals surface area contributed by atoms with Gasteiger partial charge in [0.1, 0.15) is 5.92 Å². The summed E-state index contributed by atoms with van der Waals surface area (Å²) in [6, 6.07) is 0. The van der Waals surface area contributed by atoms with Gasteiger partial charge >= 0.3 is 11.9 Å². The Morgan fingerprint density at radius 1 is 1.42 bits per heavy atom. The molecule has 3 heterocycles. The van der Waals surface area contributed by atoms with Crippen LogP contribution in [-0.2, 0) is 19.1 Å². The highest BCUT2D eigenvalue weighted by Crippen LogP contribution is 2.53. The maximum Gasteiger partial charge on any atom is 0.347 e. The van der Waals surface area contributed by atoms with Gasteiger partial charge in [-0.1, -0.05) is 0 Å². The number of cyclic esters (lactones) is 2. The largest absolute Gasteiger partial charge is 0.391 e. The molecule has 0 saturated carbocycles. The Balaban J connectivity index is 2.06. The second-order valence-corrected chi connectivity index (χ2v) is 3.62. The summed E-state index contributed by atoms with van der Waals surface area (Å²) in [6.45, 7) is 0. The van der Waals surface area contributed by atoms with Crippen molar-refractivity contribution in [1.82, 2.24) is 0 Å². The number of rotatable bonds is 0. The molecule has 3 aliphatic rings. The molecule has 3 aliphatic heterocycles. The highest BCUT2D eigenvalue weighted by Gasteiger charge is 2.71. The molecule has 3 rings (SSSR count). The van der Waals surface area contributed by atoms with Gasteiger partial charge in [-0.2, -0.15) is 0 Å². The normalized spacial score (nSPS) is 49.7. The highest BCUT2D eigenvalue weighted by molar-refractivity contribution is 6.03. The fourth-order valence-electron chi connectivity index (χ4n) is 2.51. The molecule has 12 heavy (non-hydrogen) atoms. The number of carbonyl (C=O) groups excluding carboxylic acids is 2. The van der Waals surface area contributed by atoms with E-state index in [0.29, 0.717) is 6.42 Å². The Morgan fingerprint density at radius 3 is 2.92 bits per heavy atom. The molecule has 4 heteroatoms. The molecule has 4 nitrogen and oxygen atoms in total. The van der Waals surface area contributed by atoms with E-state index >= 15 is 0 Å². The van der Waals surface area contributed by atoms with Crippen LogP contribution >= 0.6 is 0 Å². The Bertz CT molecular complexity index is 281. The second-order valence-electron chi connectivity index (χ2n) is 3.62. The van der Waals surface area contributed by atoms with E-state index in [2.05, 4.69) is 4.74 Å². The van der Waals surface area contributed by atoms with Gasteiger partial charge < -0.3 is 9.47 Å². The van der Waals surface area contributed by atoms with Crippen molar-refractivity contribution in [2.45, 2.75) is 31.0 Å². The van der Waals surface area contributed by atoms with Crippen LogP contribution in [0.4, 0.5) is 0 Å². The summed E-state index contributed by atoms with van der Waals surface area (Å²) in [6.07, 6.45) is 2.45. The average Bonchev–Trinajstić information content (AvgIpc) is 2.21. The molecule has 0 aromatic rings. The van der Waals surface area contributed by atoms with Crippen LogP contribution in [0, 0.1) is 5.92 Å². The summed E-state index contributed by atoms with van der Waals surface area (Å²) >= 11 is 0. The van der Waals surface area contributed by atoms with Crippen molar-refractivity contribution in [2.75, 3.05) is 0 Å². The van der Waals surface area contributed by atoms with Crippen LogP contribution in [0.5, 0.6) is 0 Å². The lowest BCUT2D eigenvalue weighted by Gasteiger charge is -2.50. The molecular formula is C8H8O4. The van der Waals surface area contributed by atoms with Crippen molar-refractivity contribution >= 4 is 11.9 Å². The molecule has 0 N–H and O–H groups in total. The zero-order valence-corrected chi connectivity index (χ0v) is 6.41. The molecule has 0 aromatic carbocycles. The Hall–Kier alpha value is -0.900. The zero-order valence-electron chi connectivity index (χ0n) is 6.41. The highest BCUT2D eigenvalue weighted by atomic mass is 16.6. The summed E-state index contributed by atoms with van der Waals surface area (Å²) in [7, 11) is 0. The van der Waals surface area contributed by atoms with Crippen LogP contribution in [0.1, 0.15) is 19.3 Å². The molecule has 3 fully saturated rings. The van der Waals surface area contributed by atoms with Crippen LogP contribution in [0.3, 0.4) is 0 Å². The van der Waals surface area contributed by atoms with E-state index in [0.717, 1.165) is 12.8 Å². The van der Waals surface area contributed by atoms with Crippen molar-refractivity contribution in [3.63, 3.8) is 0 Å². The van der Waals surface area contributed by atoms with Gasteiger partial charge in [0.05, 0.1) is 6.10 Å². The van der Waals surface area contributed by atoms with E-state index in [1.165, 1.54) is 0 Å². The molecular weight excluding hydrogens is 160 g/mol. The Morgan fingerprint density at radius 2 is 2.25 bits per heavy atom. The Kier molecular flexibility index (Phi) is 0.942. The van der Waals surface area contributed by atoms with Gasteiger partial charge in [0.25, 0.3) is 0 Å². The van der Waals surface area contributed by atoms with E-state index in [4.69, 9.17) is 4.74 Å². The number of hydrogen-bond donors (Lipinski definition) is 0. The van der Waals surface area contributed by atoms with E-state index in [9.17, 15) is 9.59 Å². The van der Waals surface area contributed by atoms with Gasteiger partial charge in [0.2, 0.25) is 0 Å². The predicted octanol–water partition coefficient (Wildman–Crippen LogP) is 0.00750. The van der Waals surface area contributed by atoms with Crippen molar-refractivity contribution in [2.24, 2.45) is 5.92 Å². The van der Waals surface area contributed by atoms with Crippen molar-refractivity contribution in [3.05, 3.63) is 0 Å². The van der Waals surface area contributed by atoms with Gasteiger partial charge in [-0.25, -0.2) is 4.79 Å². The summed E-state index contributed by atoms with van der Waals surface area (Å²) in [5.41, 5.74) is -0.847. The monoisotopic (exact) mass is 168 g/mol. The van der Waals surface area contributed by atoms with Gasteiger partial charge in [0.15, 0.2) is 5.60 Å². The van der Waals surface area contributed by atoms with Crippen LogP contribution in [0.2, 0.25) is 0 Å². The van der Waals surface area contributed by atoms with E-state index in [1.807, 2.05) is 0 Å². The smallest absolute Gasteiger partial charge is 0.347 e. The molecule has 64 valence electrons. The summed E-state index contributed by atoms with van der Waals surface area (Å²) in [5.74, 6) is -1.12. The fourth-order valence-corrected chi connectivity index (χ4v) is 2.51. The maximum atomic E-state index is 11.2. The van der Waals surface area contributed by atoms with Gasteiger partial charge in [-0.05, 0) is 19.3 Å². The number of fused-ring (bicyclic) bond motifs is 2. The lowest BCUT2D eigenvalue weighted by molar-refractivity contribution is -0.254. The van der Waals surface area contributed by atoms with Crippen molar-refractivity contribution < 1.29 is 19.1 Å². The third-order valence-electron chi connectivity index (χ3n) is 3.07. The molecule has 0 aromatic heterocycles. The molecule has 0 amide bonds. The SMILES string of the molecule is O=C1OC(=O)C23CCCC(O2)C13. The van der Waals surface area contributed by atoms with E-state index < -0.39 is 11.6 Å². The zero-order chi connectivity index (χ0) is 8.34. The first-order valence-electron chi connectivity index (χ1n) is 4.18. The molecule has 0 aliphatic carbocycles. The minimum Gasteiger partial charge on any atom is -0.391 e. The van der Waals surface area contributed by atoms with E-state index in [1.54, 1.807) is 0 Å². The number of ether oxygens (including phenoxy) is 2. The molecule has 1 spiro atoms. The Labute approximate surface area is 68.8 Å². The average molecular weight is 168 g/mol. The maximum absolute atomic E-state index is 11.2. The summed E-state index contributed by atoms with van der Waals surface area (Å²) < 4.78 is 9.92. The summed E-state index contributed by atoms with van der Waals surface area (Å²) in [4.78, 5) is 22.3. The number of esters is 2. The molecule has 3 atom stereocenters. The van der Waals surface area contributed by atoms with Crippen LogP contribution < -0.4 is 0 Å². The number of hydrogen-bond acceptors (Lipinski definition) is 4. The van der Waals surface area contributed by atoms with Gasteiger partial charge in [-0.3, -0.25) is 4.79 Å². The topological polar surface area (TPSA) is 52.6 Å².